The molecule has 1 aliphatic carbocycles. The van der Waals surface area contributed by atoms with Crippen LogP contribution in [0.25, 0.3) is 10.9 Å². The van der Waals surface area contributed by atoms with Crippen LogP contribution in [-0.2, 0) is 4.74 Å². The van der Waals surface area contributed by atoms with Crippen molar-refractivity contribution in [2.24, 2.45) is 0 Å². The normalized spacial score (nSPS) is 18.9. The van der Waals surface area contributed by atoms with E-state index in [1.54, 1.807) is 24.5 Å². The molecular weight excluding hydrogens is 493 g/mol. The molecular formula is C22H24IN5O2. The van der Waals surface area contributed by atoms with Gasteiger partial charge >= 0.3 is 0 Å². The van der Waals surface area contributed by atoms with Crippen LogP contribution in [0.1, 0.15) is 43.0 Å². The molecule has 0 spiro atoms. The summed E-state index contributed by atoms with van der Waals surface area (Å²) in [6.45, 7) is 2.81. The number of carbonyl (C=O) groups excluding carboxylic acids is 1. The quantitative estimate of drug-likeness (QED) is 0.464. The highest BCUT2D eigenvalue weighted by Crippen LogP contribution is 2.27. The summed E-state index contributed by atoms with van der Waals surface area (Å²) in [7, 11) is 0. The van der Waals surface area contributed by atoms with E-state index in [1.165, 1.54) is 0 Å². The number of benzene rings is 1. The topological polar surface area (TPSA) is 89.0 Å². The van der Waals surface area contributed by atoms with Gasteiger partial charge in [0.1, 0.15) is 5.82 Å². The summed E-state index contributed by atoms with van der Waals surface area (Å²) in [5.74, 6) is 0.855. The van der Waals surface area contributed by atoms with E-state index < -0.39 is 0 Å². The van der Waals surface area contributed by atoms with Crippen molar-refractivity contribution in [3.05, 3.63) is 51.9 Å². The van der Waals surface area contributed by atoms with Crippen molar-refractivity contribution in [1.82, 2.24) is 15.0 Å². The molecule has 0 atom stereocenters. The third kappa shape index (κ3) is 4.86. The van der Waals surface area contributed by atoms with Gasteiger partial charge in [-0.05, 0) is 67.3 Å². The molecule has 4 rings (SSSR count). The van der Waals surface area contributed by atoms with Gasteiger partial charge in [0.2, 0.25) is 5.95 Å². The Labute approximate surface area is 189 Å². The highest BCUT2D eigenvalue weighted by atomic mass is 127. The lowest BCUT2D eigenvalue weighted by Gasteiger charge is -2.28. The number of amides is 1. The molecule has 0 saturated heterocycles. The summed E-state index contributed by atoms with van der Waals surface area (Å²) in [6.07, 6.45) is 8.00. The molecule has 2 aromatic heterocycles. The van der Waals surface area contributed by atoms with E-state index >= 15 is 0 Å². The van der Waals surface area contributed by atoms with Crippen LogP contribution in [-0.4, -0.2) is 39.6 Å². The minimum absolute atomic E-state index is 0.209. The molecule has 3 aromatic rings. The van der Waals surface area contributed by atoms with Crippen molar-refractivity contribution in [2.75, 3.05) is 17.2 Å². The first kappa shape index (κ1) is 20.9. The van der Waals surface area contributed by atoms with Gasteiger partial charge in [-0.25, -0.2) is 15.0 Å². The fourth-order valence-corrected chi connectivity index (χ4v) is 4.27. The Morgan fingerprint density at radius 2 is 1.90 bits per heavy atom. The highest BCUT2D eigenvalue weighted by Gasteiger charge is 2.22. The minimum Gasteiger partial charge on any atom is -0.379 e. The predicted octanol–water partition coefficient (Wildman–Crippen LogP) is 4.64. The number of hydrogen-bond donors (Lipinski definition) is 2. The molecule has 30 heavy (non-hydrogen) atoms. The molecule has 1 aromatic carbocycles. The van der Waals surface area contributed by atoms with Gasteiger partial charge in [0, 0.05) is 30.6 Å². The molecule has 0 aliphatic heterocycles. The summed E-state index contributed by atoms with van der Waals surface area (Å²) >= 11 is 2.21. The second-order valence-corrected chi connectivity index (χ2v) is 8.47. The minimum atomic E-state index is -0.209. The average molecular weight is 517 g/mol. The van der Waals surface area contributed by atoms with E-state index in [4.69, 9.17) is 9.72 Å². The zero-order valence-corrected chi connectivity index (χ0v) is 18.9. The summed E-state index contributed by atoms with van der Waals surface area (Å²) in [4.78, 5) is 26.1. The van der Waals surface area contributed by atoms with Crippen LogP contribution >= 0.6 is 22.6 Å². The molecule has 2 heterocycles. The van der Waals surface area contributed by atoms with Gasteiger partial charge in [-0.2, -0.15) is 0 Å². The second kappa shape index (κ2) is 9.65. The number of fused-ring (bicyclic) bond motifs is 1. The molecule has 8 heteroatoms. The van der Waals surface area contributed by atoms with Gasteiger partial charge in [0.05, 0.1) is 20.6 Å². The fourth-order valence-electron chi connectivity index (χ4n) is 3.72. The number of halogens is 1. The number of pyridine rings is 1. The lowest BCUT2D eigenvalue weighted by Crippen LogP contribution is -2.30. The molecule has 1 saturated carbocycles. The maximum absolute atomic E-state index is 12.5. The fraction of sp³-hybridized carbons (Fsp3) is 0.364. The zero-order valence-electron chi connectivity index (χ0n) is 16.8. The Morgan fingerprint density at radius 1 is 1.13 bits per heavy atom. The molecule has 0 radical (unpaired) electrons. The van der Waals surface area contributed by atoms with Crippen molar-refractivity contribution < 1.29 is 9.53 Å². The molecule has 2 N–H and O–H groups in total. The Balaban J connectivity index is 1.51. The first-order valence-corrected chi connectivity index (χ1v) is 11.3. The number of ether oxygens (including phenoxy) is 1. The number of rotatable bonds is 6. The largest absolute Gasteiger partial charge is 0.379 e. The number of nitrogens with zero attached hydrogens (tertiary/aromatic N) is 3. The summed E-state index contributed by atoms with van der Waals surface area (Å²) in [6, 6.07) is 9.41. The van der Waals surface area contributed by atoms with Crippen molar-refractivity contribution in [3.8, 4) is 0 Å². The number of aromatic nitrogens is 3. The van der Waals surface area contributed by atoms with Crippen LogP contribution in [0.2, 0.25) is 0 Å². The second-order valence-electron chi connectivity index (χ2n) is 7.30. The van der Waals surface area contributed by atoms with Gasteiger partial charge in [0.25, 0.3) is 5.91 Å². The Bertz CT molecular complexity index is 1020. The van der Waals surface area contributed by atoms with Crippen molar-refractivity contribution >= 4 is 51.2 Å². The monoisotopic (exact) mass is 517 g/mol. The van der Waals surface area contributed by atoms with E-state index in [2.05, 4.69) is 43.2 Å². The number of anilines is 2. The Kier molecular flexibility index (Phi) is 6.73. The van der Waals surface area contributed by atoms with Crippen LogP contribution in [0.5, 0.6) is 0 Å². The standard InChI is InChI=1S/C22H24IN5O2/c1-2-30-16-10-8-15(9-11-16)26-22-25-12-17-19(27-22)18(23)13-24-20(17)28-21(29)14-6-4-3-5-7-14/h3-7,12-13,15-16H,2,8-11H2,1H3,(H,24,28,29)(H,25,26,27)/t15-,16-. The van der Waals surface area contributed by atoms with Crippen LogP contribution < -0.4 is 10.6 Å². The van der Waals surface area contributed by atoms with Gasteiger partial charge in [0.15, 0.2) is 0 Å². The van der Waals surface area contributed by atoms with Gasteiger partial charge < -0.3 is 15.4 Å². The number of carbonyl (C=O) groups is 1. The maximum atomic E-state index is 12.5. The predicted molar refractivity (Wildman–Crippen MR) is 126 cm³/mol. The van der Waals surface area contributed by atoms with Crippen molar-refractivity contribution in [1.29, 1.82) is 0 Å². The smallest absolute Gasteiger partial charge is 0.256 e. The number of hydrogen-bond acceptors (Lipinski definition) is 6. The van der Waals surface area contributed by atoms with E-state index in [0.29, 0.717) is 29.5 Å². The first-order valence-electron chi connectivity index (χ1n) is 10.2. The van der Waals surface area contributed by atoms with Crippen LogP contribution in [0.4, 0.5) is 11.8 Å². The van der Waals surface area contributed by atoms with Gasteiger partial charge in [-0.15, -0.1) is 0 Å². The van der Waals surface area contributed by atoms with Gasteiger partial charge in [-0.1, -0.05) is 18.2 Å². The maximum Gasteiger partial charge on any atom is 0.256 e. The lowest BCUT2D eigenvalue weighted by atomic mass is 9.93. The van der Waals surface area contributed by atoms with Crippen LogP contribution in [0.3, 0.4) is 0 Å². The molecule has 0 unspecified atom stereocenters. The summed E-state index contributed by atoms with van der Waals surface area (Å²) in [5.41, 5.74) is 1.35. The molecule has 156 valence electrons. The summed E-state index contributed by atoms with van der Waals surface area (Å²) in [5, 5.41) is 7.06. The Morgan fingerprint density at radius 3 is 2.63 bits per heavy atom. The third-order valence-electron chi connectivity index (χ3n) is 5.25. The van der Waals surface area contributed by atoms with Crippen LogP contribution in [0, 0.1) is 3.57 Å². The summed E-state index contributed by atoms with van der Waals surface area (Å²) < 4.78 is 6.64. The molecule has 7 nitrogen and oxygen atoms in total. The zero-order chi connectivity index (χ0) is 20.9. The molecule has 1 fully saturated rings. The number of nitrogens with one attached hydrogen (secondary N) is 2. The van der Waals surface area contributed by atoms with Crippen LogP contribution in [0.15, 0.2) is 42.7 Å². The lowest BCUT2D eigenvalue weighted by molar-refractivity contribution is 0.0346. The van der Waals surface area contributed by atoms with E-state index in [9.17, 15) is 4.79 Å². The van der Waals surface area contributed by atoms with E-state index in [-0.39, 0.29) is 5.91 Å². The van der Waals surface area contributed by atoms with Crippen molar-refractivity contribution in [2.45, 2.75) is 44.8 Å². The third-order valence-corrected chi connectivity index (χ3v) is 6.04. The Hall–Kier alpha value is -2.33. The van der Waals surface area contributed by atoms with Crippen molar-refractivity contribution in [3.63, 3.8) is 0 Å². The highest BCUT2D eigenvalue weighted by molar-refractivity contribution is 14.1. The average Bonchev–Trinajstić information content (AvgIpc) is 2.78. The first-order chi connectivity index (χ1) is 14.6. The van der Waals surface area contributed by atoms with E-state index in [0.717, 1.165) is 46.8 Å². The van der Waals surface area contributed by atoms with Gasteiger partial charge in [-0.3, -0.25) is 4.79 Å². The van der Waals surface area contributed by atoms with E-state index in [1.807, 2.05) is 25.1 Å². The SMILES string of the molecule is CCO[C@H]1CC[C@H](Nc2ncc3c(NC(=O)c4ccccc4)ncc(I)c3n2)CC1. The molecule has 1 aliphatic rings. The molecule has 0 bridgehead atoms. The molecule has 1 amide bonds.